The summed E-state index contributed by atoms with van der Waals surface area (Å²) in [5.74, 6) is 0.642. The third-order valence-electron chi connectivity index (χ3n) is 1.19. The molecular weight excluding hydrogens is 264 g/mol. The number of nitrogens with zero attached hydrogens (tertiary/aromatic N) is 2. The van der Waals surface area contributed by atoms with E-state index in [0.717, 1.165) is 0 Å². The molecule has 0 saturated heterocycles. The van der Waals surface area contributed by atoms with Crippen LogP contribution in [0.3, 0.4) is 0 Å². The van der Waals surface area contributed by atoms with Crippen molar-refractivity contribution in [1.82, 2.24) is 9.36 Å². The molecule has 0 saturated carbocycles. The molecule has 6 heteroatoms. The van der Waals surface area contributed by atoms with Gasteiger partial charge in [-0.25, -0.2) is 4.98 Å². The van der Waals surface area contributed by atoms with Crippen LogP contribution in [0.15, 0.2) is 21.3 Å². The molecule has 12 heavy (non-hydrogen) atoms. The summed E-state index contributed by atoms with van der Waals surface area (Å²) >= 11 is 10.0. The number of rotatable bonds is 1. The monoisotopic (exact) mass is 264 g/mol. The van der Waals surface area contributed by atoms with Crippen molar-refractivity contribution in [3.8, 4) is 10.8 Å². The van der Waals surface area contributed by atoms with Crippen molar-refractivity contribution in [3.63, 3.8) is 0 Å². The van der Waals surface area contributed by atoms with Crippen molar-refractivity contribution < 1.29 is 4.42 Å². The summed E-state index contributed by atoms with van der Waals surface area (Å²) in [6.45, 7) is 0. The Labute approximate surface area is 85.7 Å². The number of aromatic nitrogens is 2. The Kier molecular flexibility index (Phi) is 2.16. The molecule has 0 bridgehead atoms. The molecule has 0 aliphatic carbocycles. The quantitative estimate of drug-likeness (QED) is 0.795. The first-order valence-electron chi connectivity index (χ1n) is 3.00. The first-order valence-corrected chi connectivity index (χ1v) is 4.95. The van der Waals surface area contributed by atoms with E-state index in [9.17, 15) is 0 Å². The average Bonchev–Trinajstić information content (AvgIpc) is 2.58. The molecule has 0 N–H and O–H groups in total. The van der Waals surface area contributed by atoms with Gasteiger partial charge in [-0.05, 0) is 51.2 Å². The Morgan fingerprint density at radius 1 is 1.50 bits per heavy atom. The predicted octanol–water partition coefficient (Wildman–Crippen LogP) is 3.21. The van der Waals surface area contributed by atoms with Crippen LogP contribution >= 0.6 is 39.1 Å². The standard InChI is InChI=1S/C6H2BrClN2OS/c7-6-9-5(12-10-6)3-1-2-4(8)11-3/h1-2H. The lowest BCUT2D eigenvalue weighted by Gasteiger charge is -1.83. The van der Waals surface area contributed by atoms with E-state index in [2.05, 4.69) is 25.3 Å². The fourth-order valence-corrected chi connectivity index (χ4v) is 1.92. The second kappa shape index (κ2) is 3.16. The van der Waals surface area contributed by atoms with E-state index < -0.39 is 0 Å². The van der Waals surface area contributed by atoms with Gasteiger partial charge in [0, 0.05) is 0 Å². The second-order valence-electron chi connectivity index (χ2n) is 1.97. The van der Waals surface area contributed by atoms with Crippen molar-refractivity contribution in [2.24, 2.45) is 0 Å². The maximum atomic E-state index is 5.60. The Morgan fingerprint density at radius 2 is 2.33 bits per heavy atom. The molecular formula is C6H2BrClN2OS. The molecule has 0 aliphatic rings. The Hall–Kier alpha value is -0.390. The minimum atomic E-state index is 0.358. The van der Waals surface area contributed by atoms with Crippen LogP contribution in [-0.4, -0.2) is 9.36 Å². The van der Waals surface area contributed by atoms with E-state index >= 15 is 0 Å². The minimum Gasteiger partial charge on any atom is -0.442 e. The molecule has 2 aromatic heterocycles. The highest BCUT2D eigenvalue weighted by molar-refractivity contribution is 9.10. The Morgan fingerprint density at radius 3 is 2.83 bits per heavy atom. The Balaban J connectivity index is 2.43. The zero-order valence-corrected chi connectivity index (χ0v) is 8.78. The van der Waals surface area contributed by atoms with E-state index in [1.54, 1.807) is 12.1 Å². The van der Waals surface area contributed by atoms with E-state index in [4.69, 9.17) is 16.0 Å². The van der Waals surface area contributed by atoms with Crippen LogP contribution in [0.5, 0.6) is 0 Å². The van der Waals surface area contributed by atoms with Crippen LogP contribution in [0.4, 0.5) is 0 Å². The van der Waals surface area contributed by atoms with Gasteiger partial charge in [0.25, 0.3) is 0 Å². The van der Waals surface area contributed by atoms with Gasteiger partial charge in [-0.3, -0.25) is 0 Å². The highest BCUT2D eigenvalue weighted by Gasteiger charge is 2.08. The van der Waals surface area contributed by atoms with Gasteiger partial charge in [0.2, 0.25) is 4.73 Å². The van der Waals surface area contributed by atoms with Gasteiger partial charge in [0.1, 0.15) is 0 Å². The first kappa shape index (κ1) is 8.22. The van der Waals surface area contributed by atoms with Crippen LogP contribution in [0.1, 0.15) is 0 Å². The third kappa shape index (κ3) is 1.53. The summed E-state index contributed by atoms with van der Waals surface area (Å²) in [6, 6.07) is 3.43. The van der Waals surface area contributed by atoms with E-state index in [0.29, 0.717) is 20.7 Å². The van der Waals surface area contributed by atoms with E-state index in [1.165, 1.54) is 11.5 Å². The summed E-state index contributed by atoms with van der Waals surface area (Å²) in [4.78, 5) is 4.07. The number of furan rings is 1. The molecule has 0 atom stereocenters. The van der Waals surface area contributed by atoms with Gasteiger partial charge in [-0.15, -0.1) is 0 Å². The highest BCUT2D eigenvalue weighted by Crippen LogP contribution is 2.26. The van der Waals surface area contributed by atoms with E-state index in [1.807, 2.05) is 0 Å². The molecule has 2 aromatic rings. The molecule has 2 heterocycles. The van der Waals surface area contributed by atoms with Crippen molar-refractivity contribution >= 4 is 39.1 Å². The number of hydrogen-bond donors (Lipinski definition) is 0. The molecule has 0 aromatic carbocycles. The molecule has 0 unspecified atom stereocenters. The topological polar surface area (TPSA) is 38.9 Å². The zero-order valence-electron chi connectivity index (χ0n) is 5.62. The molecule has 3 nitrogen and oxygen atoms in total. The lowest BCUT2D eigenvalue weighted by atomic mass is 10.5. The van der Waals surface area contributed by atoms with Gasteiger partial charge in [0.05, 0.1) is 0 Å². The Bertz CT molecular complexity index is 361. The number of halogens is 2. The van der Waals surface area contributed by atoms with Gasteiger partial charge in [-0.2, -0.15) is 4.37 Å². The third-order valence-corrected chi connectivity index (χ3v) is 2.71. The molecule has 2 rings (SSSR count). The largest absolute Gasteiger partial charge is 0.442 e. The molecule has 0 aliphatic heterocycles. The van der Waals surface area contributed by atoms with Crippen molar-refractivity contribution in [2.75, 3.05) is 0 Å². The van der Waals surface area contributed by atoms with Crippen molar-refractivity contribution in [3.05, 3.63) is 22.1 Å². The average molecular weight is 266 g/mol. The number of hydrogen-bond acceptors (Lipinski definition) is 4. The highest BCUT2D eigenvalue weighted by atomic mass is 79.9. The normalized spacial score (nSPS) is 10.5. The summed E-state index contributed by atoms with van der Waals surface area (Å²) in [5.41, 5.74) is 0. The van der Waals surface area contributed by atoms with Crippen LogP contribution in [0, 0.1) is 0 Å². The maximum absolute atomic E-state index is 5.60. The lowest BCUT2D eigenvalue weighted by molar-refractivity contribution is 0.584. The lowest BCUT2D eigenvalue weighted by Crippen LogP contribution is -1.68. The molecule has 0 amide bonds. The van der Waals surface area contributed by atoms with Gasteiger partial charge in [-0.1, -0.05) is 0 Å². The first-order chi connectivity index (χ1) is 5.75. The summed E-state index contributed by atoms with van der Waals surface area (Å²) in [7, 11) is 0. The minimum absolute atomic E-state index is 0.358. The summed E-state index contributed by atoms with van der Waals surface area (Å²) < 4.78 is 9.65. The van der Waals surface area contributed by atoms with Crippen LogP contribution in [0.25, 0.3) is 10.8 Å². The fraction of sp³-hybridized carbons (Fsp3) is 0. The predicted molar refractivity (Wildman–Crippen MR) is 50.3 cm³/mol. The molecule has 62 valence electrons. The van der Waals surface area contributed by atoms with Gasteiger partial charge >= 0.3 is 0 Å². The SMILES string of the molecule is Clc1ccc(-c2nc(Br)ns2)o1. The molecule has 0 radical (unpaired) electrons. The zero-order chi connectivity index (χ0) is 8.55. The van der Waals surface area contributed by atoms with Crippen LogP contribution in [-0.2, 0) is 0 Å². The summed E-state index contributed by atoms with van der Waals surface area (Å²) in [6.07, 6.45) is 0. The van der Waals surface area contributed by atoms with Crippen LogP contribution < -0.4 is 0 Å². The van der Waals surface area contributed by atoms with Crippen LogP contribution in [0.2, 0.25) is 5.22 Å². The van der Waals surface area contributed by atoms with Gasteiger partial charge < -0.3 is 4.42 Å². The fourth-order valence-electron chi connectivity index (χ4n) is 0.735. The van der Waals surface area contributed by atoms with Gasteiger partial charge in [0.15, 0.2) is 16.0 Å². The van der Waals surface area contributed by atoms with E-state index in [-0.39, 0.29) is 0 Å². The second-order valence-corrected chi connectivity index (χ2v) is 3.81. The van der Waals surface area contributed by atoms with Crippen molar-refractivity contribution in [1.29, 1.82) is 0 Å². The van der Waals surface area contributed by atoms with Crippen molar-refractivity contribution in [2.45, 2.75) is 0 Å². The molecule has 0 fully saturated rings. The smallest absolute Gasteiger partial charge is 0.209 e. The summed E-state index contributed by atoms with van der Waals surface area (Å²) in [5, 5.41) is 1.07. The molecule has 0 spiro atoms. The maximum Gasteiger partial charge on any atom is 0.209 e.